The van der Waals surface area contributed by atoms with E-state index in [9.17, 15) is 0 Å². The van der Waals surface area contributed by atoms with Gasteiger partial charge in [-0.15, -0.1) is 0 Å². The van der Waals surface area contributed by atoms with Gasteiger partial charge in [-0.25, -0.2) is 4.68 Å². The third-order valence-corrected chi connectivity index (χ3v) is 2.72. The standard InChI is InChI=1S/C10H14N4/c1-7-9(6-11)10(12)14(13-7)5-4-8-2-3-8/h8H,2-5,12H2,1H3. The highest BCUT2D eigenvalue weighted by Gasteiger charge is 2.21. The van der Waals surface area contributed by atoms with Gasteiger partial charge in [0.1, 0.15) is 17.5 Å². The first-order valence-corrected chi connectivity index (χ1v) is 4.95. The van der Waals surface area contributed by atoms with Crippen LogP contribution in [0.5, 0.6) is 0 Å². The fourth-order valence-electron chi connectivity index (χ4n) is 1.62. The Morgan fingerprint density at radius 3 is 2.86 bits per heavy atom. The van der Waals surface area contributed by atoms with E-state index in [0.717, 1.165) is 24.6 Å². The van der Waals surface area contributed by atoms with E-state index in [2.05, 4.69) is 11.2 Å². The van der Waals surface area contributed by atoms with E-state index >= 15 is 0 Å². The number of aromatic nitrogens is 2. The van der Waals surface area contributed by atoms with Crippen molar-refractivity contribution in [1.29, 1.82) is 5.26 Å². The maximum Gasteiger partial charge on any atom is 0.140 e. The van der Waals surface area contributed by atoms with E-state index < -0.39 is 0 Å². The van der Waals surface area contributed by atoms with Gasteiger partial charge in [0.25, 0.3) is 0 Å². The summed E-state index contributed by atoms with van der Waals surface area (Å²) in [6.07, 6.45) is 3.81. The number of nitrogen functional groups attached to an aromatic ring is 1. The van der Waals surface area contributed by atoms with Gasteiger partial charge in [0.05, 0.1) is 5.69 Å². The average Bonchev–Trinajstić information content (AvgIpc) is 2.92. The van der Waals surface area contributed by atoms with Crippen molar-refractivity contribution in [3.63, 3.8) is 0 Å². The van der Waals surface area contributed by atoms with Crippen molar-refractivity contribution in [2.45, 2.75) is 32.7 Å². The molecule has 0 spiro atoms. The monoisotopic (exact) mass is 190 g/mol. The second-order valence-electron chi connectivity index (χ2n) is 3.91. The zero-order chi connectivity index (χ0) is 10.1. The molecule has 1 fully saturated rings. The van der Waals surface area contributed by atoms with Crippen LogP contribution in [0.25, 0.3) is 0 Å². The third-order valence-electron chi connectivity index (χ3n) is 2.72. The number of nitrogens with two attached hydrogens (primary N) is 1. The Labute approximate surface area is 83.3 Å². The second-order valence-corrected chi connectivity index (χ2v) is 3.91. The van der Waals surface area contributed by atoms with Crippen LogP contribution in [0, 0.1) is 24.2 Å². The Bertz CT molecular complexity index is 382. The van der Waals surface area contributed by atoms with Crippen LogP contribution in [0.1, 0.15) is 30.5 Å². The van der Waals surface area contributed by atoms with E-state index in [-0.39, 0.29) is 0 Å². The molecule has 0 aromatic carbocycles. The van der Waals surface area contributed by atoms with Crippen LogP contribution >= 0.6 is 0 Å². The molecule has 2 rings (SSSR count). The third kappa shape index (κ3) is 1.58. The topological polar surface area (TPSA) is 67.6 Å². The molecule has 74 valence electrons. The first kappa shape index (κ1) is 9.07. The first-order valence-electron chi connectivity index (χ1n) is 4.95. The highest BCUT2D eigenvalue weighted by atomic mass is 15.3. The van der Waals surface area contributed by atoms with Crippen molar-refractivity contribution in [2.24, 2.45) is 5.92 Å². The Morgan fingerprint density at radius 2 is 2.36 bits per heavy atom. The number of anilines is 1. The van der Waals surface area contributed by atoms with Crippen molar-refractivity contribution in [1.82, 2.24) is 9.78 Å². The van der Waals surface area contributed by atoms with Gasteiger partial charge in [-0.05, 0) is 19.3 Å². The first-order chi connectivity index (χ1) is 6.72. The summed E-state index contributed by atoms with van der Waals surface area (Å²) in [6, 6.07) is 2.08. The molecule has 1 saturated carbocycles. The number of nitrogens with zero attached hydrogens (tertiary/aromatic N) is 3. The Morgan fingerprint density at radius 1 is 1.64 bits per heavy atom. The fourth-order valence-corrected chi connectivity index (χ4v) is 1.62. The zero-order valence-corrected chi connectivity index (χ0v) is 8.32. The minimum atomic E-state index is 0.519. The average molecular weight is 190 g/mol. The lowest BCUT2D eigenvalue weighted by Gasteiger charge is -2.01. The van der Waals surface area contributed by atoms with Gasteiger partial charge in [-0.2, -0.15) is 10.4 Å². The van der Waals surface area contributed by atoms with E-state index in [1.54, 1.807) is 4.68 Å². The summed E-state index contributed by atoms with van der Waals surface area (Å²) in [5.41, 5.74) is 7.06. The quantitative estimate of drug-likeness (QED) is 0.784. The Kier molecular flexibility index (Phi) is 2.16. The van der Waals surface area contributed by atoms with Crippen LogP contribution in [0.15, 0.2) is 0 Å². The summed E-state index contributed by atoms with van der Waals surface area (Å²) in [5.74, 6) is 1.38. The Hall–Kier alpha value is -1.50. The maximum absolute atomic E-state index is 8.82. The van der Waals surface area contributed by atoms with E-state index in [0.29, 0.717) is 11.4 Å². The fraction of sp³-hybridized carbons (Fsp3) is 0.600. The summed E-state index contributed by atoms with van der Waals surface area (Å²) < 4.78 is 1.76. The predicted octanol–water partition coefficient (Wildman–Crippen LogP) is 1.45. The summed E-state index contributed by atoms with van der Waals surface area (Å²) in [7, 11) is 0. The molecule has 0 bridgehead atoms. The molecule has 1 aromatic rings. The lowest BCUT2D eigenvalue weighted by molar-refractivity contribution is 0.550. The molecule has 4 heteroatoms. The summed E-state index contributed by atoms with van der Waals surface area (Å²) in [4.78, 5) is 0. The maximum atomic E-state index is 8.82. The van der Waals surface area contributed by atoms with E-state index in [1.165, 1.54) is 12.8 Å². The molecule has 0 atom stereocenters. The van der Waals surface area contributed by atoms with Gasteiger partial charge < -0.3 is 5.73 Å². The van der Waals surface area contributed by atoms with Gasteiger partial charge in [0.2, 0.25) is 0 Å². The zero-order valence-electron chi connectivity index (χ0n) is 8.32. The molecule has 0 radical (unpaired) electrons. The molecular weight excluding hydrogens is 176 g/mol. The van der Waals surface area contributed by atoms with Crippen molar-refractivity contribution in [3.8, 4) is 6.07 Å². The highest BCUT2D eigenvalue weighted by molar-refractivity contribution is 5.51. The number of rotatable bonds is 3. The van der Waals surface area contributed by atoms with Crippen LogP contribution in [0.3, 0.4) is 0 Å². The van der Waals surface area contributed by atoms with Crippen molar-refractivity contribution < 1.29 is 0 Å². The largest absolute Gasteiger partial charge is 0.383 e. The normalized spacial score (nSPS) is 15.4. The minimum Gasteiger partial charge on any atom is -0.383 e. The van der Waals surface area contributed by atoms with Crippen LogP contribution in [0.4, 0.5) is 5.82 Å². The second kappa shape index (κ2) is 3.33. The van der Waals surface area contributed by atoms with Crippen molar-refractivity contribution >= 4 is 5.82 Å². The van der Waals surface area contributed by atoms with E-state index in [1.807, 2.05) is 6.92 Å². The van der Waals surface area contributed by atoms with Crippen molar-refractivity contribution in [2.75, 3.05) is 5.73 Å². The van der Waals surface area contributed by atoms with Gasteiger partial charge in [-0.3, -0.25) is 0 Å². The molecule has 1 aliphatic carbocycles. The van der Waals surface area contributed by atoms with Gasteiger partial charge >= 0.3 is 0 Å². The number of aryl methyl sites for hydroxylation is 2. The molecule has 4 nitrogen and oxygen atoms in total. The molecule has 1 heterocycles. The lowest BCUT2D eigenvalue weighted by atomic mass is 10.2. The molecule has 0 aliphatic heterocycles. The summed E-state index contributed by atoms with van der Waals surface area (Å²) in [5, 5.41) is 13.1. The SMILES string of the molecule is Cc1nn(CCC2CC2)c(N)c1C#N. The molecule has 0 unspecified atom stereocenters. The molecule has 1 aliphatic rings. The Balaban J connectivity index is 2.12. The molecule has 1 aromatic heterocycles. The van der Waals surface area contributed by atoms with Gasteiger partial charge in [-0.1, -0.05) is 12.8 Å². The molecular formula is C10H14N4. The number of nitriles is 1. The molecule has 0 amide bonds. The summed E-state index contributed by atoms with van der Waals surface area (Å²) >= 11 is 0. The summed E-state index contributed by atoms with van der Waals surface area (Å²) in [6.45, 7) is 2.67. The minimum absolute atomic E-state index is 0.519. The highest BCUT2D eigenvalue weighted by Crippen LogP contribution is 2.33. The van der Waals surface area contributed by atoms with Crippen LogP contribution in [-0.4, -0.2) is 9.78 Å². The van der Waals surface area contributed by atoms with E-state index in [4.69, 9.17) is 11.0 Å². The van der Waals surface area contributed by atoms with Crippen LogP contribution in [0.2, 0.25) is 0 Å². The van der Waals surface area contributed by atoms with Crippen LogP contribution < -0.4 is 5.73 Å². The van der Waals surface area contributed by atoms with Crippen molar-refractivity contribution in [3.05, 3.63) is 11.3 Å². The number of hydrogen-bond donors (Lipinski definition) is 1. The molecule has 2 N–H and O–H groups in total. The van der Waals surface area contributed by atoms with Gasteiger partial charge in [0, 0.05) is 6.54 Å². The van der Waals surface area contributed by atoms with Gasteiger partial charge in [0.15, 0.2) is 0 Å². The molecule has 14 heavy (non-hydrogen) atoms. The van der Waals surface area contributed by atoms with Crippen LogP contribution in [-0.2, 0) is 6.54 Å². The molecule has 0 saturated heterocycles. The number of hydrogen-bond acceptors (Lipinski definition) is 3. The lowest BCUT2D eigenvalue weighted by Crippen LogP contribution is -2.05. The smallest absolute Gasteiger partial charge is 0.140 e. The predicted molar refractivity (Wildman–Crippen MR) is 53.4 cm³/mol.